The highest BCUT2D eigenvalue weighted by Gasteiger charge is 2.13. The molecule has 0 spiro atoms. The Morgan fingerprint density at radius 3 is 1.52 bits per heavy atom. The molecule has 3 aromatic rings. The van der Waals surface area contributed by atoms with E-state index < -0.39 is 0 Å². The van der Waals surface area contributed by atoms with E-state index in [4.69, 9.17) is 0 Å². The molecule has 4 heteroatoms. The highest BCUT2D eigenvalue weighted by atomic mass is 15.3. The van der Waals surface area contributed by atoms with Crippen LogP contribution in [0.3, 0.4) is 0 Å². The van der Waals surface area contributed by atoms with E-state index >= 15 is 0 Å². The maximum absolute atomic E-state index is 4.24. The van der Waals surface area contributed by atoms with Gasteiger partial charge < -0.3 is 0 Å². The van der Waals surface area contributed by atoms with Crippen molar-refractivity contribution >= 4 is 17.3 Å². The van der Waals surface area contributed by atoms with Gasteiger partial charge in [0.25, 0.3) is 0 Å². The minimum atomic E-state index is 0.604. The molecule has 1 aromatic heterocycles. The van der Waals surface area contributed by atoms with Crippen molar-refractivity contribution in [2.45, 2.75) is 13.8 Å². The van der Waals surface area contributed by atoms with Crippen molar-refractivity contribution in [3.63, 3.8) is 0 Å². The van der Waals surface area contributed by atoms with E-state index in [1.807, 2.05) is 79.4 Å². The van der Waals surface area contributed by atoms with E-state index in [2.05, 4.69) is 15.0 Å². The summed E-state index contributed by atoms with van der Waals surface area (Å²) in [6.07, 6.45) is 3.00. The summed E-state index contributed by atoms with van der Waals surface area (Å²) in [5.74, 6) is 0.604. The molecule has 106 valence electrons. The summed E-state index contributed by atoms with van der Waals surface area (Å²) in [5, 5.41) is 0. The third-order valence-electron chi connectivity index (χ3n) is 2.71. The van der Waals surface area contributed by atoms with Gasteiger partial charge in [0.2, 0.25) is 5.95 Å². The van der Waals surface area contributed by atoms with Crippen LogP contribution in [0.1, 0.15) is 13.8 Å². The van der Waals surface area contributed by atoms with Crippen molar-refractivity contribution in [1.82, 2.24) is 15.0 Å². The molecule has 0 saturated heterocycles. The van der Waals surface area contributed by atoms with E-state index in [9.17, 15) is 0 Å². The molecule has 2 aromatic carbocycles. The summed E-state index contributed by atoms with van der Waals surface area (Å²) in [7, 11) is 0. The largest absolute Gasteiger partial charge is 0.279 e. The number of para-hydroxylation sites is 2. The summed E-state index contributed by atoms with van der Waals surface area (Å²) in [4.78, 5) is 14.3. The van der Waals surface area contributed by atoms with Crippen LogP contribution in [0.25, 0.3) is 0 Å². The molecular weight excluding hydrogens is 260 g/mol. The highest BCUT2D eigenvalue weighted by Crippen LogP contribution is 2.30. The molecule has 0 N–H and O–H groups in total. The Labute approximate surface area is 125 Å². The first-order chi connectivity index (χ1) is 10.4. The molecule has 0 aliphatic heterocycles. The third kappa shape index (κ3) is 3.63. The van der Waals surface area contributed by atoms with Crippen LogP contribution < -0.4 is 4.90 Å². The zero-order chi connectivity index (χ0) is 14.9. The van der Waals surface area contributed by atoms with Crippen LogP contribution in [-0.4, -0.2) is 15.0 Å². The maximum atomic E-state index is 4.24. The fourth-order valence-electron chi connectivity index (χ4n) is 1.88. The van der Waals surface area contributed by atoms with Gasteiger partial charge in [-0.15, -0.1) is 0 Å². The topological polar surface area (TPSA) is 41.9 Å². The average molecular weight is 278 g/mol. The summed E-state index contributed by atoms with van der Waals surface area (Å²) in [6.45, 7) is 4.00. The molecule has 21 heavy (non-hydrogen) atoms. The fourth-order valence-corrected chi connectivity index (χ4v) is 1.88. The van der Waals surface area contributed by atoms with Crippen molar-refractivity contribution in [2.75, 3.05) is 4.90 Å². The molecule has 3 rings (SSSR count). The normalized spacial score (nSPS) is 9.43. The van der Waals surface area contributed by atoms with Gasteiger partial charge in [0.15, 0.2) is 0 Å². The lowest BCUT2D eigenvalue weighted by molar-refractivity contribution is 1.01. The van der Waals surface area contributed by atoms with Crippen LogP contribution in [0.15, 0.2) is 73.3 Å². The van der Waals surface area contributed by atoms with E-state index in [1.54, 1.807) is 0 Å². The molecule has 0 amide bonds. The second-order valence-corrected chi connectivity index (χ2v) is 3.94. The first-order valence-corrected chi connectivity index (χ1v) is 6.97. The Bertz CT molecular complexity index is 533. The van der Waals surface area contributed by atoms with Gasteiger partial charge in [0, 0.05) is 11.4 Å². The monoisotopic (exact) mass is 278 g/mol. The van der Waals surface area contributed by atoms with Crippen LogP contribution in [0.2, 0.25) is 0 Å². The summed E-state index contributed by atoms with van der Waals surface area (Å²) < 4.78 is 0. The van der Waals surface area contributed by atoms with Gasteiger partial charge in [-0.25, -0.2) is 15.0 Å². The molecule has 0 aliphatic rings. The fraction of sp³-hybridized carbons (Fsp3) is 0.118. The molecule has 0 unspecified atom stereocenters. The van der Waals surface area contributed by atoms with Crippen LogP contribution >= 0.6 is 0 Å². The Kier molecular flexibility index (Phi) is 5.41. The predicted molar refractivity (Wildman–Crippen MR) is 85.9 cm³/mol. The molecular formula is C17H18N4. The summed E-state index contributed by atoms with van der Waals surface area (Å²) in [6, 6.07) is 20.0. The number of nitrogens with zero attached hydrogens (tertiary/aromatic N) is 4. The Morgan fingerprint density at radius 2 is 1.10 bits per heavy atom. The van der Waals surface area contributed by atoms with Crippen molar-refractivity contribution < 1.29 is 0 Å². The van der Waals surface area contributed by atoms with Crippen molar-refractivity contribution in [2.24, 2.45) is 0 Å². The molecule has 0 fully saturated rings. The van der Waals surface area contributed by atoms with Crippen molar-refractivity contribution in [1.29, 1.82) is 0 Å². The molecule has 0 saturated carbocycles. The van der Waals surface area contributed by atoms with Crippen LogP contribution in [0.4, 0.5) is 17.3 Å². The van der Waals surface area contributed by atoms with E-state index in [1.165, 1.54) is 12.7 Å². The Balaban J connectivity index is 0.000000774. The van der Waals surface area contributed by atoms with Crippen LogP contribution in [0.5, 0.6) is 0 Å². The van der Waals surface area contributed by atoms with Gasteiger partial charge in [-0.3, -0.25) is 4.90 Å². The first kappa shape index (κ1) is 14.7. The highest BCUT2D eigenvalue weighted by molar-refractivity contribution is 5.71. The summed E-state index contributed by atoms with van der Waals surface area (Å²) >= 11 is 0. The van der Waals surface area contributed by atoms with E-state index in [-0.39, 0.29) is 0 Å². The van der Waals surface area contributed by atoms with E-state index in [0.717, 1.165) is 11.4 Å². The Morgan fingerprint density at radius 1 is 0.667 bits per heavy atom. The second kappa shape index (κ2) is 7.75. The lowest BCUT2D eigenvalue weighted by Gasteiger charge is -2.22. The molecule has 0 bridgehead atoms. The standard InChI is InChI=1S/C15H12N4.C2H6/c1-3-7-13(8-4-1)19(14-9-5-2-6-10-14)15-17-11-16-12-18-15;1-2/h1-12H;1-2H3. The number of hydrogen-bond donors (Lipinski definition) is 0. The molecule has 0 aliphatic carbocycles. The minimum absolute atomic E-state index is 0.604. The van der Waals surface area contributed by atoms with Crippen LogP contribution in [0, 0.1) is 0 Å². The van der Waals surface area contributed by atoms with Gasteiger partial charge in [-0.05, 0) is 24.3 Å². The number of rotatable bonds is 3. The maximum Gasteiger partial charge on any atom is 0.237 e. The zero-order valence-corrected chi connectivity index (χ0v) is 12.2. The number of aromatic nitrogens is 3. The van der Waals surface area contributed by atoms with Gasteiger partial charge in [0.1, 0.15) is 12.7 Å². The van der Waals surface area contributed by atoms with Crippen molar-refractivity contribution in [3.8, 4) is 0 Å². The first-order valence-electron chi connectivity index (χ1n) is 6.97. The molecule has 0 atom stereocenters. The quantitative estimate of drug-likeness (QED) is 0.713. The molecule has 0 radical (unpaired) electrons. The minimum Gasteiger partial charge on any atom is -0.279 e. The van der Waals surface area contributed by atoms with Gasteiger partial charge in [-0.2, -0.15) is 0 Å². The predicted octanol–water partition coefficient (Wildman–Crippen LogP) is 4.37. The average Bonchev–Trinajstić information content (AvgIpc) is 2.60. The molecule has 1 heterocycles. The lowest BCUT2D eigenvalue weighted by atomic mass is 10.2. The van der Waals surface area contributed by atoms with Gasteiger partial charge in [-0.1, -0.05) is 50.2 Å². The number of anilines is 3. The lowest BCUT2D eigenvalue weighted by Crippen LogP contribution is -2.13. The van der Waals surface area contributed by atoms with E-state index in [0.29, 0.717) is 5.95 Å². The van der Waals surface area contributed by atoms with Gasteiger partial charge in [0.05, 0.1) is 0 Å². The second-order valence-electron chi connectivity index (χ2n) is 3.94. The smallest absolute Gasteiger partial charge is 0.237 e. The number of benzene rings is 2. The zero-order valence-electron chi connectivity index (χ0n) is 12.2. The van der Waals surface area contributed by atoms with Gasteiger partial charge >= 0.3 is 0 Å². The third-order valence-corrected chi connectivity index (χ3v) is 2.71. The van der Waals surface area contributed by atoms with Crippen molar-refractivity contribution in [3.05, 3.63) is 73.3 Å². The SMILES string of the molecule is CC.c1ccc(N(c2ccccc2)c2ncncn2)cc1. The molecule has 4 nitrogen and oxygen atoms in total. The Hall–Kier alpha value is -2.75. The number of hydrogen-bond acceptors (Lipinski definition) is 4. The summed E-state index contributed by atoms with van der Waals surface area (Å²) in [5.41, 5.74) is 2.03. The van der Waals surface area contributed by atoms with Crippen LogP contribution in [-0.2, 0) is 0 Å².